The van der Waals surface area contributed by atoms with Gasteiger partial charge in [-0.1, -0.05) is 30.8 Å². The molecule has 1 aromatic heterocycles. The van der Waals surface area contributed by atoms with Crippen molar-refractivity contribution in [2.75, 3.05) is 0 Å². The van der Waals surface area contributed by atoms with Crippen LogP contribution in [0.25, 0.3) is 0 Å². The second-order valence-electron chi connectivity index (χ2n) is 6.65. The maximum absolute atomic E-state index is 6.37. The van der Waals surface area contributed by atoms with Gasteiger partial charge in [-0.05, 0) is 37.5 Å². The highest BCUT2D eigenvalue weighted by Crippen LogP contribution is 2.67. The molecule has 1 atom stereocenters. The Balaban J connectivity index is 1.56. The van der Waals surface area contributed by atoms with Crippen LogP contribution in [-0.2, 0) is 5.54 Å². The van der Waals surface area contributed by atoms with Crippen molar-refractivity contribution < 1.29 is 4.52 Å². The van der Waals surface area contributed by atoms with E-state index in [1.807, 2.05) is 0 Å². The molecule has 3 fully saturated rings. The van der Waals surface area contributed by atoms with Crippen LogP contribution < -0.4 is 5.73 Å². The van der Waals surface area contributed by atoms with Gasteiger partial charge in [-0.3, -0.25) is 0 Å². The molecule has 1 heterocycles. The Kier molecular flexibility index (Phi) is 2.17. The number of hydrogen-bond donors (Lipinski definition) is 1. The van der Waals surface area contributed by atoms with Gasteiger partial charge in [0.05, 0.1) is 5.54 Å². The fourth-order valence-corrected chi connectivity index (χ4v) is 4.14. The number of nitrogens with zero attached hydrogens (tertiary/aromatic N) is 2. The Morgan fingerprint density at radius 1 is 1.06 bits per heavy atom. The van der Waals surface area contributed by atoms with Crippen LogP contribution in [-0.4, -0.2) is 10.1 Å². The fraction of sp³-hybridized carbons (Fsp3) is 0.857. The predicted octanol–water partition coefficient (Wildman–Crippen LogP) is 2.85. The van der Waals surface area contributed by atoms with Crippen molar-refractivity contribution in [3.63, 3.8) is 0 Å². The minimum Gasteiger partial charge on any atom is -0.339 e. The smallest absolute Gasteiger partial charge is 0.230 e. The molecule has 0 amide bonds. The van der Waals surface area contributed by atoms with Crippen molar-refractivity contribution >= 4 is 0 Å². The zero-order valence-corrected chi connectivity index (χ0v) is 10.8. The first-order valence-corrected chi connectivity index (χ1v) is 7.35. The van der Waals surface area contributed by atoms with Crippen LogP contribution in [0.1, 0.15) is 75.4 Å². The first-order chi connectivity index (χ1) is 8.72. The van der Waals surface area contributed by atoms with E-state index >= 15 is 0 Å². The molecule has 0 aromatic carbocycles. The summed E-state index contributed by atoms with van der Waals surface area (Å²) in [6, 6.07) is 0. The molecule has 4 heteroatoms. The summed E-state index contributed by atoms with van der Waals surface area (Å²) >= 11 is 0. The topological polar surface area (TPSA) is 64.9 Å². The third-order valence-electron chi connectivity index (χ3n) is 5.47. The Bertz CT molecular complexity index is 455. The molecule has 4 rings (SSSR count). The summed E-state index contributed by atoms with van der Waals surface area (Å²) in [6.45, 7) is 0. The van der Waals surface area contributed by atoms with Gasteiger partial charge in [0.15, 0.2) is 5.82 Å². The number of aromatic nitrogens is 2. The van der Waals surface area contributed by atoms with Gasteiger partial charge in [-0.15, -0.1) is 0 Å². The Morgan fingerprint density at radius 3 is 2.44 bits per heavy atom. The van der Waals surface area contributed by atoms with Gasteiger partial charge in [0.1, 0.15) is 0 Å². The Labute approximate surface area is 107 Å². The van der Waals surface area contributed by atoms with Crippen LogP contribution in [0.3, 0.4) is 0 Å². The first-order valence-electron chi connectivity index (χ1n) is 7.35. The highest BCUT2D eigenvalue weighted by atomic mass is 16.5. The summed E-state index contributed by atoms with van der Waals surface area (Å²) in [4.78, 5) is 4.64. The zero-order valence-electron chi connectivity index (χ0n) is 10.8. The lowest BCUT2D eigenvalue weighted by atomic mass is 9.98. The predicted molar refractivity (Wildman–Crippen MR) is 66.9 cm³/mol. The zero-order chi connectivity index (χ0) is 12.2. The Hall–Kier alpha value is -0.900. The van der Waals surface area contributed by atoms with E-state index in [0.29, 0.717) is 11.3 Å². The molecule has 98 valence electrons. The standard InChI is InChI=1S/C14H21N3O/c15-14(7-3-4-8-14)12-16-11(18-17-12)10-9-13(10)5-1-2-6-13/h10H,1-9,15H2. The third-order valence-corrected chi connectivity index (χ3v) is 5.47. The van der Waals surface area contributed by atoms with Crippen LogP contribution in [0.5, 0.6) is 0 Å². The summed E-state index contributed by atoms with van der Waals surface area (Å²) < 4.78 is 5.51. The van der Waals surface area contributed by atoms with E-state index < -0.39 is 0 Å². The maximum Gasteiger partial charge on any atom is 0.230 e. The lowest BCUT2D eigenvalue weighted by Crippen LogP contribution is -2.34. The molecule has 1 spiro atoms. The lowest BCUT2D eigenvalue weighted by molar-refractivity contribution is 0.338. The molecule has 0 saturated heterocycles. The largest absolute Gasteiger partial charge is 0.339 e. The molecule has 3 saturated carbocycles. The molecule has 3 aliphatic carbocycles. The van der Waals surface area contributed by atoms with Gasteiger partial charge in [0.25, 0.3) is 0 Å². The second-order valence-corrected chi connectivity index (χ2v) is 6.65. The molecular weight excluding hydrogens is 226 g/mol. The molecule has 3 aliphatic rings. The van der Waals surface area contributed by atoms with Crippen molar-refractivity contribution in [3.05, 3.63) is 11.7 Å². The van der Waals surface area contributed by atoms with Crippen molar-refractivity contribution in [1.82, 2.24) is 10.1 Å². The fourth-order valence-electron chi connectivity index (χ4n) is 4.14. The highest BCUT2D eigenvalue weighted by Gasteiger charge is 2.58. The highest BCUT2D eigenvalue weighted by molar-refractivity contribution is 5.19. The maximum atomic E-state index is 6.37. The van der Waals surface area contributed by atoms with E-state index in [9.17, 15) is 0 Å². The average Bonchev–Trinajstić information content (AvgIpc) is 2.85. The molecule has 1 aromatic rings. The van der Waals surface area contributed by atoms with Crippen LogP contribution in [0, 0.1) is 5.41 Å². The van der Waals surface area contributed by atoms with E-state index in [0.717, 1.165) is 24.6 Å². The van der Waals surface area contributed by atoms with Gasteiger partial charge in [-0.25, -0.2) is 0 Å². The van der Waals surface area contributed by atoms with E-state index in [-0.39, 0.29) is 5.54 Å². The number of hydrogen-bond acceptors (Lipinski definition) is 4. The van der Waals surface area contributed by atoms with E-state index in [4.69, 9.17) is 10.3 Å². The van der Waals surface area contributed by atoms with Crippen LogP contribution in [0.4, 0.5) is 0 Å². The van der Waals surface area contributed by atoms with Crippen molar-refractivity contribution in [3.8, 4) is 0 Å². The molecular formula is C14H21N3O. The van der Waals surface area contributed by atoms with Crippen LogP contribution in [0.2, 0.25) is 0 Å². The lowest BCUT2D eigenvalue weighted by Gasteiger charge is -2.17. The minimum absolute atomic E-state index is 0.306. The molecule has 1 unspecified atom stereocenters. The normalized spacial score (nSPS) is 32.2. The van der Waals surface area contributed by atoms with Crippen LogP contribution >= 0.6 is 0 Å². The van der Waals surface area contributed by atoms with E-state index in [1.54, 1.807) is 0 Å². The second kappa shape index (κ2) is 3.56. The third kappa shape index (κ3) is 1.48. The van der Waals surface area contributed by atoms with Crippen molar-refractivity contribution in [2.24, 2.45) is 11.1 Å². The monoisotopic (exact) mass is 247 g/mol. The quantitative estimate of drug-likeness (QED) is 0.872. The SMILES string of the molecule is NC1(c2noc(C3CC34CCCC4)n2)CCCC1. The molecule has 4 nitrogen and oxygen atoms in total. The van der Waals surface area contributed by atoms with E-state index in [2.05, 4.69) is 10.1 Å². The van der Waals surface area contributed by atoms with Gasteiger partial charge in [0, 0.05) is 5.92 Å². The number of nitrogens with two attached hydrogens (primary N) is 1. The molecule has 0 aliphatic heterocycles. The summed E-state index contributed by atoms with van der Waals surface area (Å²) in [7, 11) is 0. The average molecular weight is 247 g/mol. The van der Waals surface area contributed by atoms with Gasteiger partial charge in [-0.2, -0.15) is 4.98 Å². The Morgan fingerprint density at radius 2 is 1.72 bits per heavy atom. The van der Waals surface area contributed by atoms with Crippen molar-refractivity contribution in [2.45, 2.75) is 69.2 Å². The number of rotatable bonds is 2. The molecule has 2 N–H and O–H groups in total. The summed E-state index contributed by atoms with van der Waals surface area (Å²) in [5.41, 5.74) is 6.60. The summed E-state index contributed by atoms with van der Waals surface area (Å²) in [6.07, 6.45) is 11.1. The van der Waals surface area contributed by atoms with Gasteiger partial charge in [0.2, 0.25) is 5.89 Å². The molecule has 0 radical (unpaired) electrons. The minimum atomic E-state index is -0.306. The first kappa shape index (κ1) is 11.0. The van der Waals surface area contributed by atoms with Crippen molar-refractivity contribution in [1.29, 1.82) is 0 Å². The molecule has 0 bridgehead atoms. The molecule has 18 heavy (non-hydrogen) atoms. The van der Waals surface area contributed by atoms with Gasteiger partial charge < -0.3 is 10.3 Å². The summed E-state index contributed by atoms with van der Waals surface area (Å²) in [5.74, 6) is 2.16. The summed E-state index contributed by atoms with van der Waals surface area (Å²) in [5, 5.41) is 4.17. The van der Waals surface area contributed by atoms with E-state index in [1.165, 1.54) is 44.9 Å². The van der Waals surface area contributed by atoms with Gasteiger partial charge >= 0.3 is 0 Å². The van der Waals surface area contributed by atoms with Crippen LogP contribution in [0.15, 0.2) is 4.52 Å².